The van der Waals surface area contributed by atoms with E-state index in [4.69, 9.17) is 4.74 Å². The number of aryl methyl sites for hydroxylation is 1. The molecule has 3 aromatic carbocycles. The van der Waals surface area contributed by atoms with Gasteiger partial charge in [0.2, 0.25) is 11.8 Å². The quantitative estimate of drug-likeness (QED) is 0.175. The molecule has 10 nitrogen and oxygen atoms in total. The number of methoxy groups -OCH3 is 1. The highest BCUT2D eigenvalue weighted by Crippen LogP contribution is 2.36. The molecule has 2 fully saturated rings. The zero-order valence-electron chi connectivity index (χ0n) is 30.9. The summed E-state index contributed by atoms with van der Waals surface area (Å²) in [4.78, 5) is 53.2. The van der Waals surface area contributed by atoms with E-state index in [1.165, 1.54) is 10.1 Å². The number of fused-ring (bicyclic) bond motifs is 1. The van der Waals surface area contributed by atoms with E-state index in [1.807, 2.05) is 41.3 Å². The van der Waals surface area contributed by atoms with Gasteiger partial charge in [0.1, 0.15) is 17.9 Å². The van der Waals surface area contributed by atoms with E-state index in [0.29, 0.717) is 47.6 Å². The van der Waals surface area contributed by atoms with Crippen LogP contribution in [-0.4, -0.2) is 85.4 Å². The number of ether oxygens (including phenoxy) is 1. The summed E-state index contributed by atoms with van der Waals surface area (Å²) >= 11 is 0. The van der Waals surface area contributed by atoms with Gasteiger partial charge in [-0.25, -0.2) is 4.39 Å². The molecule has 1 unspecified atom stereocenters. The van der Waals surface area contributed by atoms with E-state index in [0.717, 1.165) is 74.8 Å². The molecule has 0 bridgehead atoms. The Labute approximate surface area is 310 Å². The van der Waals surface area contributed by atoms with Gasteiger partial charge in [-0.1, -0.05) is 30.3 Å². The molecule has 2 aliphatic heterocycles. The zero-order chi connectivity index (χ0) is 37.5. The Kier molecular flexibility index (Phi) is 12.2. The largest absolute Gasteiger partial charge is 0.496 e. The number of carbonyl (C=O) groups is 3. The van der Waals surface area contributed by atoms with Gasteiger partial charge >= 0.3 is 0 Å². The molecular formula is C42H50FN5O5. The van der Waals surface area contributed by atoms with Crippen molar-refractivity contribution in [1.82, 2.24) is 19.7 Å². The first-order valence-electron chi connectivity index (χ1n) is 18.6. The molecule has 53 heavy (non-hydrogen) atoms. The Morgan fingerprint density at radius 3 is 2.34 bits per heavy atom. The Morgan fingerprint density at radius 1 is 0.981 bits per heavy atom. The van der Waals surface area contributed by atoms with Gasteiger partial charge in [0.25, 0.3) is 5.56 Å². The number of rotatable bonds is 13. The summed E-state index contributed by atoms with van der Waals surface area (Å²) in [6, 6.07) is 18.5. The number of amides is 2. The molecule has 2 N–H and O–H groups in total. The second kappa shape index (κ2) is 17.2. The van der Waals surface area contributed by atoms with Crippen molar-refractivity contribution in [2.45, 2.75) is 56.9 Å². The SMILES string of the molecule is CNC(=O)CCC(C=O)Nc1ccc(C2CCN(C(=O)CN3CCC(Cc4c(F)cc(-c5cn(C)c(=O)c6ccccc56)cc4OC)CC3)CC2)cc1. The lowest BCUT2D eigenvalue weighted by Crippen LogP contribution is -2.46. The smallest absolute Gasteiger partial charge is 0.258 e. The number of nitrogens with zero attached hydrogens (tertiary/aromatic N) is 3. The first-order valence-corrected chi connectivity index (χ1v) is 18.6. The highest BCUT2D eigenvalue weighted by atomic mass is 19.1. The van der Waals surface area contributed by atoms with Crippen LogP contribution in [0.4, 0.5) is 10.1 Å². The zero-order valence-corrected chi connectivity index (χ0v) is 30.9. The van der Waals surface area contributed by atoms with Gasteiger partial charge in [-0.15, -0.1) is 0 Å². The Balaban J connectivity index is 0.977. The molecule has 2 saturated heterocycles. The number of aromatic nitrogens is 1. The van der Waals surface area contributed by atoms with Crippen molar-refractivity contribution in [2.24, 2.45) is 13.0 Å². The Morgan fingerprint density at radius 2 is 1.68 bits per heavy atom. The summed E-state index contributed by atoms with van der Waals surface area (Å²) < 4.78 is 23.1. The van der Waals surface area contributed by atoms with Gasteiger partial charge < -0.3 is 29.6 Å². The minimum Gasteiger partial charge on any atom is -0.496 e. The Hall–Kier alpha value is -5.03. The van der Waals surface area contributed by atoms with Crippen LogP contribution in [0.15, 0.2) is 71.7 Å². The molecule has 11 heteroatoms. The molecular weight excluding hydrogens is 673 g/mol. The molecule has 1 atom stereocenters. The molecule has 2 aliphatic rings. The van der Waals surface area contributed by atoms with Gasteiger partial charge in [0, 0.05) is 62.0 Å². The number of piperidine rings is 2. The molecule has 0 aliphatic carbocycles. The summed E-state index contributed by atoms with van der Waals surface area (Å²) in [5.41, 5.74) is 3.98. The molecule has 0 radical (unpaired) electrons. The van der Waals surface area contributed by atoms with E-state index in [2.05, 4.69) is 27.7 Å². The van der Waals surface area contributed by atoms with E-state index in [-0.39, 0.29) is 35.5 Å². The van der Waals surface area contributed by atoms with Crippen LogP contribution in [0.5, 0.6) is 5.75 Å². The standard InChI is InChI=1S/C42H50FN5O5/c1-44-40(50)13-12-33(27-49)45-32-10-8-29(9-11-32)30-16-20-48(21-17-30)41(51)26-47-18-14-28(15-19-47)22-36-38(43)23-31(24-39(36)53-3)37-25-46(2)42(52)35-7-5-4-6-34(35)37/h4-11,23-25,27-28,30,33,45H,12-22,26H2,1-3H3,(H,44,50). The fourth-order valence-electron chi connectivity index (χ4n) is 7.84. The predicted molar refractivity (Wildman–Crippen MR) is 206 cm³/mol. The second-order valence-electron chi connectivity index (χ2n) is 14.4. The highest BCUT2D eigenvalue weighted by molar-refractivity contribution is 5.96. The van der Waals surface area contributed by atoms with Crippen molar-refractivity contribution >= 4 is 34.6 Å². The lowest BCUT2D eigenvalue weighted by molar-refractivity contribution is -0.133. The highest BCUT2D eigenvalue weighted by Gasteiger charge is 2.28. The van der Waals surface area contributed by atoms with Crippen molar-refractivity contribution in [3.8, 4) is 16.9 Å². The van der Waals surface area contributed by atoms with Crippen LogP contribution in [0.25, 0.3) is 21.9 Å². The third kappa shape index (κ3) is 8.96. The minimum atomic E-state index is -0.427. The first kappa shape index (κ1) is 37.7. The number of anilines is 1. The molecule has 2 amide bonds. The number of pyridine rings is 1. The van der Waals surface area contributed by atoms with Crippen LogP contribution in [0, 0.1) is 11.7 Å². The van der Waals surface area contributed by atoms with E-state index < -0.39 is 6.04 Å². The van der Waals surface area contributed by atoms with Crippen molar-refractivity contribution in [2.75, 3.05) is 52.2 Å². The summed E-state index contributed by atoms with van der Waals surface area (Å²) in [7, 11) is 4.86. The molecule has 6 rings (SSSR count). The summed E-state index contributed by atoms with van der Waals surface area (Å²) in [5, 5.41) is 7.14. The average Bonchev–Trinajstić information content (AvgIpc) is 3.19. The van der Waals surface area contributed by atoms with Crippen molar-refractivity contribution in [3.63, 3.8) is 0 Å². The number of hydrogen-bond donors (Lipinski definition) is 2. The third-order valence-corrected chi connectivity index (χ3v) is 11.0. The number of aldehydes is 1. The molecule has 0 spiro atoms. The number of likely N-dealkylation sites (tertiary alicyclic amines) is 2. The molecule has 0 saturated carbocycles. The van der Waals surface area contributed by atoms with Gasteiger partial charge in [0.15, 0.2) is 0 Å². The second-order valence-corrected chi connectivity index (χ2v) is 14.4. The van der Waals surface area contributed by atoms with E-state index >= 15 is 4.39 Å². The van der Waals surface area contributed by atoms with Gasteiger partial charge in [-0.2, -0.15) is 0 Å². The normalized spacial score (nSPS) is 16.3. The van der Waals surface area contributed by atoms with Gasteiger partial charge in [0.05, 0.1) is 19.7 Å². The summed E-state index contributed by atoms with van der Waals surface area (Å²) in [6.07, 6.45) is 7.41. The fraction of sp³-hybridized carbons (Fsp3) is 0.429. The average molecular weight is 724 g/mol. The number of carbonyl (C=O) groups excluding carboxylic acids is 3. The molecule has 280 valence electrons. The minimum absolute atomic E-state index is 0.0909. The lowest BCUT2D eigenvalue weighted by Gasteiger charge is -2.36. The molecule has 1 aromatic heterocycles. The van der Waals surface area contributed by atoms with Gasteiger partial charge in [-0.3, -0.25) is 19.3 Å². The fourth-order valence-corrected chi connectivity index (χ4v) is 7.84. The van der Waals surface area contributed by atoms with Crippen LogP contribution in [0.3, 0.4) is 0 Å². The van der Waals surface area contributed by atoms with Crippen LogP contribution >= 0.6 is 0 Å². The van der Waals surface area contributed by atoms with Crippen LogP contribution < -0.4 is 20.9 Å². The third-order valence-electron chi connectivity index (χ3n) is 11.0. The maximum absolute atomic E-state index is 15.8. The molecule has 4 aromatic rings. The van der Waals surface area contributed by atoms with Crippen molar-refractivity contribution < 1.29 is 23.5 Å². The Bertz CT molecular complexity index is 1980. The number of nitrogens with one attached hydrogen (secondary N) is 2. The maximum atomic E-state index is 15.8. The van der Waals surface area contributed by atoms with E-state index in [9.17, 15) is 19.2 Å². The van der Waals surface area contributed by atoms with Crippen molar-refractivity contribution in [1.29, 1.82) is 0 Å². The summed E-state index contributed by atoms with van der Waals surface area (Å²) in [5.74, 6) is 0.906. The van der Waals surface area contributed by atoms with Crippen LogP contribution in [0.1, 0.15) is 55.6 Å². The van der Waals surface area contributed by atoms with E-state index in [1.54, 1.807) is 39.5 Å². The number of benzene rings is 3. The van der Waals surface area contributed by atoms with Crippen molar-refractivity contribution in [3.05, 3.63) is 94.2 Å². The topological polar surface area (TPSA) is 113 Å². The molecule has 3 heterocycles. The predicted octanol–water partition coefficient (Wildman–Crippen LogP) is 5.52. The lowest BCUT2D eigenvalue weighted by atomic mass is 9.88. The van der Waals surface area contributed by atoms with Crippen LogP contribution in [0.2, 0.25) is 0 Å². The monoisotopic (exact) mass is 723 g/mol. The number of hydrogen-bond acceptors (Lipinski definition) is 7. The maximum Gasteiger partial charge on any atom is 0.258 e. The van der Waals surface area contributed by atoms with Gasteiger partial charge in [-0.05, 0) is 110 Å². The van der Waals surface area contributed by atoms with Crippen LogP contribution in [-0.2, 0) is 27.9 Å². The first-order chi connectivity index (χ1) is 25.7. The summed E-state index contributed by atoms with van der Waals surface area (Å²) in [6.45, 7) is 3.41. The number of halogens is 1.